The second-order valence-corrected chi connectivity index (χ2v) is 10.3. The van der Waals surface area contributed by atoms with Gasteiger partial charge in [-0.15, -0.1) is 0 Å². The molecule has 4 aromatic rings. The predicted molar refractivity (Wildman–Crippen MR) is 102 cm³/mol. The Kier molecular flexibility index (Phi) is 4.34. The van der Waals surface area contributed by atoms with Gasteiger partial charge in [-0.05, 0) is 0 Å². The number of benzene rings is 2. The zero-order valence-corrected chi connectivity index (χ0v) is 17.2. The normalized spacial score (nSPS) is 11.4. The van der Waals surface area contributed by atoms with E-state index in [9.17, 15) is 9.59 Å². The molecule has 0 saturated carbocycles. The maximum absolute atomic E-state index is 12.6. The first kappa shape index (κ1) is 16.7. The minimum absolute atomic E-state index is 0.00591. The molecule has 25 heavy (non-hydrogen) atoms. The SMILES string of the molecule is COc1ccc2[se]n(CCn3[se]c4ccc(C)cc4c3=O)c(=O)c2c1. The van der Waals surface area contributed by atoms with E-state index in [-0.39, 0.29) is 40.6 Å². The van der Waals surface area contributed by atoms with E-state index in [4.69, 9.17) is 4.74 Å². The number of methoxy groups -OCH3 is 1. The number of nitrogens with zero attached hydrogens (tertiary/aromatic N) is 2. The molecule has 0 fully saturated rings. The van der Waals surface area contributed by atoms with Crippen LogP contribution < -0.4 is 15.9 Å². The fourth-order valence-electron chi connectivity index (χ4n) is 2.84. The van der Waals surface area contributed by atoms with Crippen LogP contribution in [0.15, 0.2) is 46.0 Å². The predicted octanol–water partition coefficient (Wildman–Crippen LogP) is 1.45. The zero-order valence-electron chi connectivity index (χ0n) is 13.8. The van der Waals surface area contributed by atoms with Gasteiger partial charge < -0.3 is 0 Å². The average Bonchev–Trinajstić information content (AvgIpc) is 3.10. The Hall–Kier alpha value is -1.78. The summed E-state index contributed by atoms with van der Waals surface area (Å²) in [5, 5.41) is 1.56. The number of aryl methyl sites for hydroxylation is 3. The minimum atomic E-state index is -0.0299. The van der Waals surface area contributed by atoms with Gasteiger partial charge in [-0.2, -0.15) is 0 Å². The molecule has 0 N–H and O–H groups in total. The van der Waals surface area contributed by atoms with E-state index in [2.05, 4.69) is 12.1 Å². The fraction of sp³-hybridized carbons (Fsp3) is 0.222. The van der Waals surface area contributed by atoms with Crippen molar-refractivity contribution in [3.63, 3.8) is 0 Å². The van der Waals surface area contributed by atoms with Crippen LogP contribution in [0.3, 0.4) is 0 Å². The summed E-state index contributed by atoms with van der Waals surface area (Å²) in [6.07, 6.45) is 0. The van der Waals surface area contributed by atoms with Crippen LogP contribution >= 0.6 is 0 Å². The quantitative estimate of drug-likeness (QED) is 0.428. The Labute approximate surface area is 156 Å². The summed E-state index contributed by atoms with van der Waals surface area (Å²) in [7, 11) is 1.60. The second-order valence-electron chi connectivity index (χ2n) is 5.86. The number of hydrogen-bond acceptors (Lipinski definition) is 3. The first-order valence-electron chi connectivity index (χ1n) is 7.85. The Bertz CT molecular complexity index is 1200. The second kappa shape index (κ2) is 6.50. The molecule has 128 valence electrons. The standard InChI is InChI=1S/C18H16N2O3Se2/c1-11-3-5-15-13(9-11)17(21)19(24-15)7-8-20-18(22)14-10-12(23-2)4-6-16(14)25-20/h3-6,9-10H,7-8H2,1-2H3. The monoisotopic (exact) mass is 468 g/mol. The summed E-state index contributed by atoms with van der Waals surface area (Å²) in [5.41, 5.74) is 1.24. The Balaban J connectivity index is 1.66. The van der Waals surface area contributed by atoms with Crippen molar-refractivity contribution in [3.05, 3.63) is 62.7 Å². The molecule has 0 aliphatic carbocycles. The Morgan fingerprint density at radius 1 is 0.880 bits per heavy atom. The van der Waals surface area contributed by atoms with Gasteiger partial charge in [-0.25, -0.2) is 0 Å². The first-order valence-corrected chi connectivity index (χ1v) is 11.1. The Morgan fingerprint density at radius 2 is 1.44 bits per heavy atom. The van der Waals surface area contributed by atoms with Crippen molar-refractivity contribution < 1.29 is 4.74 Å². The first-order chi connectivity index (χ1) is 12.1. The number of fused-ring (bicyclic) bond motifs is 2. The number of rotatable bonds is 4. The van der Waals surface area contributed by atoms with Crippen molar-refractivity contribution in [2.24, 2.45) is 0 Å². The summed E-state index contributed by atoms with van der Waals surface area (Å²) in [6, 6.07) is 11.7. The Morgan fingerprint density at radius 3 is 2.04 bits per heavy atom. The van der Waals surface area contributed by atoms with Crippen LogP contribution in [-0.2, 0) is 13.1 Å². The van der Waals surface area contributed by atoms with Crippen LogP contribution in [0, 0.1) is 6.92 Å². The molecule has 2 aromatic heterocycles. The molecule has 0 radical (unpaired) electrons. The number of aromatic nitrogens is 2. The van der Waals surface area contributed by atoms with Gasteiger partial charge in [0.2, 0.25) is 0 Å². The van der Waals surface area contributed by atoms with Crippen molar-refractivity contribution in [2.45, 2.75) is 20.0 Å². The molecule has 0 unspecified atom stereocenters. The molecule has 0 spiro atoms. The van der Waals surface area contributed by atoms with Gasteiger partial charge >= 0.3 is 156 Å². The van der Waals surface area contributed by atoms with E-state index in [0.717, 1.165) is 24.9 Å². The van der Waals surface area contributed by atoms with Crippen molar-refractivity contribution in [3.8, 4) is 5.75 Å². The van der Waals surface area contributed by atoms with Gasteiger partial charge in [-0.1, -0.05) is 0 Å². The van der Waals surface area contributed by atoms with Gasteiger partial charge in [0, 0.05) is 0 Å². The number of ether oxygens (including phenoxy) is 1. The fourth-order valence-corrected chi connectivity index (χ4v) is 6.89. The average molecular weight is 466 g/mol. The molecule has 0 saturated heterocycles. The maximum atomic E-state index is 12.6. The van der Waals surface area contributed by atoms with Crippen LogP contribution in [-0.4, -0.2) is 43.7 Å². The summed E-state index contributed by atoms with van der Waals surface area (Å²) >= 11 is -0.0239. The molecule has 0 amide bonds. The molecule has 0 bridgehead atoms. The molecular formula is C18H16N2O3Se2. The molecule has 0 atom stereocenters. The third kappa shape index (κ3) is 2.98. The van der Waals surface area contributed by atoms with E-state index in [1.165, 1.54) is 0 Å². The summed E-state index contributed by atoms with van der Waals surface area (Å²) in [5.74, 6) is 0.702. The molecule has 2 aromatic carbocycles. The van der Waals surface area contributed by atoms with Crippen molar-refractivity contribution in [2.75, 3.05) is 7.11 Å². The number of hydrogen-bond donors (Lipinski definition) is 0. The molecule has 5 nitrogen and oxygen atoms in total. The molecule has 7 heteroatoms. The van der Waals surface area contributed by atoms with E-state index >= 15 is 0 Å². The van der Waals surface area contributed by atoms with Gasteiger partial charge in [-0.3, -0.25) is 0 Å². The van der Waals surface area contributed by atoms with Crippen LogP contribution in [0.5, 0.6) is 5.75 Å². The molecule has 0 aliphatic heterocycles. The van der Waals surface area contributed by atoms with Gasteiger partial charge in [0.25, 0.3) is 0 Å². The van der Waals surface area contributed by atoms with Crippen LogP contribution in [0.25, 0.3) is 19.3 Å². The van der Waals surface area contributed by atoms with Crippen LogP contribution in [0.2, 0.25) is 0 Å². The summed E-state index contributed by atoms with van der Waals surface area (Å²) in [4.78, 5) is 25.2. The van der Waals surface area contributed by atoms with E-state index in [0.29, 0.717) is 18.8 Å². The van der Waals surface area contributed by atoms with E-state index in [1.54, 1.807) is 7.11 Å². The van der Waals surface area contributed by atoms with Crippen LogP contribution in [0.4, 0.5) is 0 Å². The molecule has 4 rings (SSSR count). The third-order valence-electron chi connectivity index (χ3n) is 4.16. The topological polar surface area (TPSA) is 53.2 Å². The molecule has 0 aliphatic rings. The van der Waals surface area contributed by atoms with E-state index in [1.807, 2.05) is 38.3 Å². The van der Waals surface area contributed by atoms with Gasteiger partial charge in [0.15, 0.2) is 0 Å². The third-order valence-corrected chi connectivity index (χ3v) is 8.86. The zero-order chi connectivity index (χ0) is 17.6. The van der Waals surface area contributed by atoms with Crippen molar-refractivity contribution >= 4 is 48.8 Å². The van der Waals surface area contributed by atoms with Gasteiger partial charge in [0.1, 0.15) is 0 Å². The summed E-state index contributed by atoms with van der Waals surface area (Å²) < 4.78 is 11.2. The van der Waals surface area contributed by atoms with Gasteiger partial charge in [0.05, 0.1) is 0 Å². The molecular weight excluding hydrogens is 450 g/mol. The molecule has 2 heterocycles. The summed E-state index contributed by atoms with van der Waals surface area (Å²) in [6.45, 7) is 3.17. The van der Waals surface area contributed by atoms with Crippen molar-refractivity contribution in [1.29, 1.82) is 0 Å². The van der Waals surface area contributed by atoms with Crippen molar-refractivity contribution in [1.82, 2.24) is 7.12 Å². The van der Waals surface area contributed by atoms with E-state index < -0.39 is 0 Å². The van der Waals surface area contributed by atoms with Crippen LogP contribution in [0.1, 0.15) is 5.56 Å².